The lowest BCUT2D eigenvalue weighted by Gasteiger charge is -2.08. The van der Waals surface area contributed by atoms with Gasteiger partial charge in [-0.1, -0.05) is 6.92 Å². The van der Waals surface area contributed by atoms with E-state index in [1.54, 1.807) is 13.1 Å². The quantitative estimate of drug-likeness (QED) is 0.588. The molecule has 0 bridgehead atoms. The molecule has 2 N–H and O–H groups in total. The highest BCUT2D eigenvalue weighted by atomic mass is 16.6. The van der Waals surface area contributed by atoms with Crippen LogP contribution in [0.3, 0.4) is 0 Å². The van der Waals surface area contributed by atoms with Gasteiger partial charge in [0.1, 0.15) is 5.69 Å². The van der Waals surface area contributed by atoms with Crippen molar-refractivity contribution in [2.24, 2.45) is 5.73 Å². The maximum Gasteiger partial charge on any atom is 0.292 e. The number of aromatic nitrogens is 1. The van der Waals surface area contributed by atoms with E-state index in [4.69, 9.17) is 5.73 Å². The Balaban J connectivity index is 3.21. The molecule has 1 aromatic heterocycles. The highest BCUT2D eigenvalue weighted by molar-refractivity contribution is 5.39. The molecule has 0 aliphatic rings. The average molecular weight is 195 g/mol. The Morgan fingerprint density at radius 3 is 2.86 bits per heavy atom. The fourth-order valence-corrected chi connectivity index (χ4v) is 1.19. The third kappa shape index (κ3) is 2.05. The zero-order valence-corrected chi connectivity index (χ0v) is 8.23. The number of nitrogens with zero attached hydrogens (tertiary/aromatic N) is 2. The van der Waals surface area contributed by atoms with Gasteiger partial charge in [0.2, 0.25) is 0 Å². The summed E-state index contributed by atoms with van der Waals surface area (Å²) in [5, 5.41) is 10.7. The van der Waals surface area contributed by atoms with E-state index in [2.05, 4.69) is 4.98 Å². The molecule has 0 fully saturated rings. The van der Waals surface area contributed by atoms with Crippen molar-refractivity contribution < 1.29 is 4.92 Å². The number of rotatable bonds is 3. The lowest BCUT2D eigenvalue weighted by atomic mass is 10.1. The van der Waals surface area contributed by atoms with Crippen molar-refractivity contribution in [3.8, 4) is 0 Å². The molecule has 1 atom stereocenters. The lowest BCUT2D eigenvalue weighted by Crippen LogP contribution is -2.13. The zero-order valence-electron chi connectivity index (χ0n) is 8.23. The van der Waals surface area contributed by atoms with E-state index in [0.717, 1.165) is 5.56 Å². The average Bonchev–Trinajstić information content (AvgIpc) is 2.16. The molecule has 1 heterocycles. The number of nitrogens with two attached hydrogens (primary N) is 1. The molecule has 0 aliphatic heterocycles. The van der Waals surface area contributed by atoms with Crippen LogP contribution in [0, 0.1) is 17.0 Å². The summed E-state index contributed by atoms with van der Waals surface area (Å²) in [4.78, 5) is 14.3. The summed E-state index contributed by atoms with van der Waals surface area (Å²) < 4.78 is 0. The van der Waals surface area contributed by atoms with Crippen LogP contribution in [0.5, 0.6) is 0 Å². The predicted octanol–water partition coefficient (Wildman–Crippen LogP) is 1.71. The number of hydrogen-bond donors (Lipinski definition) is 1. The maximum absolute atomic E-state index is 10.7. The molecule has 1 aromatic rings. The Hall–Kier alpha value is -1.49. The highest BCUT2D eigenvalue weighted by Crippen LogP contribution is 2.23. The van der Waals surface area contributed by atoms with Crippen LogP contribution in [0.1, 0.15) is 30.6 Å². The van der Waals surface area contributed by atoms with Gasteiger partial charge in [0.25, 0.3) is 5.69 Å². The monoisotopic (exact) mass is 195 g/mol. The van der Waals surface area contributed by atoms with E-state index in [1.807, 2.05) is 6.92 Å². The van der Waals surface area contributed by atoms with Crippen LogP contribution in [-0.2, 0) is 0 Å². The van der Waals surface area contributed by atoms with Crippen LogP contribution in [0.25, 0.3) is 0 Å². The van der Waals surface area contributed by atoms with Gasteiger partial charge < -0.3 is 5.73 Å². The number of pyridine rings is 1. The molecule has 5 nitrogen and oxygen atoms in total. The van der Waals surface area contributed by atoms with Crippen LogP contribution in [-0.4, -0.2) is 9.91 Å². The van der Waals surface area contributed by atoms with Gasteiger partial charge in [-0.3, -0.25) is 15.1 Å². The van der Waals surface area contributed by atoms with Crippen LogP contribution in [0.4, 0.5) is 5.69 Å². The van der Waals surface area contributed by atoms with E-state index in [-0.39, 0.29) is 11.7 Å². The SMILES string of the molecule is CC[C@@H](N)c1ncc(C)cc1[N+](=O)[O-]. The predicted molar refractivity (Wildman–Crippen MR) is 52.8 cm³/mol. The minimum Gasteiger partial charge on any atom is -0.322 e. The first kappa shape index (κ1) is 10.6. The van der Waals surface area contributed by atoms with Gasteiger partial charge in [-0.25, -0.2) is 0 Å². The third-order valence-electron chi connectivity index (χ3n) is 2.02. The van der Waals surface area contributed by atoms with Gasteiger partial charge in [0.05, 0.1) is 11.0 Å². The van der Waals surface area contributed by atoms with Crippen molar-refractivity contribution in [1.29, 1.82) is 0 Å². The van der Waals surface area contributed by atoms with Gasteiger partial charge in [-0.05, 0) is 18.9 Å². The largest absolute Gasteiger partial charge is 0.322 e. The van der Waals surface area contributed by atoms with Gasteiger partial charge in [0.15, 0.2) is 0 Å². The van der Waals surface area contributed by atoms with Gasteiger partial charge >= 0.3 is 0 Å². The molecule has 5 heteroatoms. The van der Waals surface area contributed by atoms with Gasteiger partial charge in [0, 0.05) is 12.3 Å². The molecule has 14 heavy (non-hydrogen) atoms. The molecule has 1 rings (SSSR count). The summed E-state index contributed by atoms with van der Waals surface area (Å²) in [7, 11) is 0. The number of nitro groups is 1. The fourth-order valence-electron chi connectivity index (χ4n) is 1.19. The first-order chi connectivity index (χ1) is 6.56. The topological polar surface area (TPSA) is 82.0 Å². The number of hydrogen-bond acceptors (Lipinski definition) is 4. The van der Waals surface area contributed by atoms with Crippen LogP contribution in [0.2, 0.25) is 0 Å². The van der Waals surface area contributed by atoms with Gasteiger partial charge in [-0.15, -0.1) is 0 Å². The normalized spacial score (nSPS) is 12.5. The molecule has 0 saturated heterocycles. The molecule has 0 radical (unpaired) electrons. The Bertz CT molecular complexity index is 352. The molecule has 0 spiro atoms. The minimum absolute atomic E-state index is 0.0133. The summed E-state index contributed by atoms with van der Waals surface area (Å²) in [5.41, 5.74) is 6.86. The minimum atomic E-state index is -0.440. The Morgan fingerprint density at radius 2 is 2.36 bits per heavy atom. The lowest BCUT2D eigenvalue weighted by molar-refractivity contribution is -0.386. The summed E-state index contributed by atoms with van der Waals surface area (Å²) in [6.45, 7) is 3.64. The second-order valence-corrected chi connectivity index (χ2v) is 3.19. The molecular formula is C9H13N3O2. The number of aryl methyl sites for hydroxylation is 1. The second-order valence-electron chi connectivity index (χ2n) is 3.19. The highest BCUT2D eigenvalue weighted by Gasteiger charge is 2.19. The van der Waals surface area contributed by atoms with Crippen LogP contribution < -0.4 is 5.73 Å². The van der Waals surface area contributed by atoms with E-state index >= 15 is 0 Å². The molecule has 76 valence electrons. The summed E-state index contributed by atoms with van der Waals surface area (Å²) in [6.07, 6.45) is 2.23. The Labute approximate surface area is 82.1 Å². The van der Waals surface area contributed by atoms with Crippen LogP contribution in [0.15, 0.2) is 12.3 Å². The first-order valence-electron chi connectivity index (χ1n) is 4.42. The van der Waals surface area contributed by atoms with Crippen molar-refractivity contribution in [3.63, 3.8) is 0 Å². The molecule has 0 amide bonds. The standard InChI is InChI=1S/C9H13N3O2/c1-3-7(10)9-8(12(13)14)4-6(2)5-11-9/h4-5,7H,3,10H2,1-2H3/t7-/m1/s1. The van der Waals surface area contributed by atoms with Crippen molar-refractivity contribution in [2.75, 3.05) is 0 Å². The molecule has 0 saturated carbocycles. The van der Waals surface area contributed by atoms with Crippen LogP contribution >= 0.6 is 0 Å². The summed E-state index contributed by atoms with van der Waals surface area (Å²) >= 11 is 0. The van der Waals surface area contributed by atoms with Crippen molar-refractivity contribution in [2.45, 2.75) is 26.3 Å². The van der Waals surface area contributed by atoms with Gasteiger partial charge in [-0.2, -0.15) is 0 Å². The Morgan fingerprint density at radius 1 is 1.71 bits per heavy atom. The molecular weight excluding hydrogens is 182 g/mol. The van der Waals surface area contributed by atoms with E-state index in [0.29, 0.717) is 12.1 Å². The van der Waals surface area contributed by atoms with Crippen molar-refractivity contribution in [3.05, 3.63) is 33.6 Å². The van der Waals surface area contributed by atoms with E-state index in [9.17, 15) is 10.1 Å². The smallest absolute Gasteiger partial charge is 0.292 e. The first-order valence-corrected chi connectivity index (χ1v) is 4.42. The van der Waals surface area contributed by atoms with Crippen molar-refractivity contribution >= 4 is 5.69 Å². The molecule has 0 aliphatic carbocycles. The fraction of sp³-hybridized carbons (Fsp3) is 0.444. The van der Waals surface area contributed by atoms with E-state index in [1.165, 1.54) is 6.07 Å². The molecule has 0 unspecified atom stereocenters. The van der Waals surface area contributed by atoms with E-state index < -0.39 is 4.92 Å². The Kier molecular flexibility index (Phi) is 3.14. The maximum atomic E-state index is 10.7. The summed E-state index contributed by atoms with van der Waals surface area (Å²) in [6, 6.07) is 1.13. The third-order valence-corrected chi connectivity index (χ3v) is 2.02. The molecule has 0 aromatic carbocycles. The zero-order chi connectivity index (χ0) is 10.7. The summed E-state index contributed by atoms with van der Waals surface area (Å²) in [5.74, 6) is 0. The second kappa shape index (κ2) is 4.15. The van der Waals surface area contributed by atoms with Crippen molar-refractivity contribution in [1.82, 2.24) is 4.98 Å².